The van der Waals surface area contributed by atoms with E-state index in [0.29, 0.717) is 5.56 Å². The van der Waals surface area contributed by atoms with E-state index < -0.39 is 0 Å². The van der Waals surface area contributed by atoms with Gasteiger partial charge in [-0.05, 0) is 49.7 Å². The van der Waals surface area contributed by atoms with Crippen molar-refractivity contribution in [3.05, 3.63) is 63.6 Å². The molecule has 0 saturated heterocycles. The average Bonchev–Trinajstić information content (AvgIpc) is 2.44. The number of benzene rings is 1. The molecule has 2 aromatic rings. The summed E-state index contributed by atoms with van der Waals surface area (Å²) >= 11 is 3.41. The Labute approximate surface area is 127 Å². The molecule has 2 rings (SSSR count). The van der Waals surface area contributed by atoms with Crippen molar-refractivity contribution >= 4 is 15.9 Å². The minimum absolute atomic E-state index is 0.179. The second-order valence-electron chi connectivity index (χ2n) is 4.73. The minimum atomic E-state index is -0.204. The maximum absolute atomic E-state index is 14.2. The summed E-state index contributed by atoms with van der Waals surface area (Å²) < 4.78 is 15.1. The number of aryl methyl sites for hydroxylation is 1. The summed E-state index contributed by atoms with van der Waals surface area (Å²) in [5, 5.41) is 3.41. The number of aromatic nitrogens is 1. The Morgan fingerprint density at radius 3 is 2.80 bits per heavy atom. The van der Waals surface area contributed by atoms with Gasteiger partial charge in [0.1, 0.15) is 5.82 Å². The summed E-state index contributed by atoms with van der Waals surface area (Å²) in [4.78, 5) is 4.31. The number of nitrogens with one attached hydrogen (secondary N) is 1. The first-order chi connectivity index (χ1) is 9.63. The highest BCUT2D eigenvalue weighted by molar-refractivity contribution is 9.10. The van der Waals surface area contributed by atoms with E-state index in [-0.39, 0.29) is 11.9 Å². The van der Waals surface area contributed by atoms with E-state index in [2.05, 4.69) is 33.2 Å². The summed E-state index contributed by atoms with van der Waals surface area (Å²) in [6, 6.07) is 8.74. The molecule has 1 heterocycles. The van der Waals surface area contributed by atoms with E-state index in [9.17, 15) is 4.39 Å². The minimum Gasteiger partial charge on any atom is -0.306 e. The molecule has 0 aliphatic rings. The molecule has 20 heavy (non-hydrogen) atoms. The van der Waals surface area contributed by atoms with Crippen molar-refractivity contribution in [2.75, 3.05) is 6.54 Å². The predicted octanol–water partition coefficient (Wildman–Crippen LogP) is 4.38. The largest absolute Gasteiger partial charge is 0.306 e. The van der Waals surface area contributed by atoms with Crippen LogP contribution in [0.25, 0.3) is 0 Å². The molecular formula is C16H18BrFN2. The van der Waals surface area contributed by atoms with Gasteiger partial charge in [-0.25, -0.2) is 4.39 Å². The van der Waals surface area contributed by atoms with Gasteiger partial charge in [0.05, 0.1) is 6.04 Å². The molecule has 1 N–H and O–H groups in total. The van der Waals surface area contributed by atoms with Gasteiger partial charge >= 0.3 is 0 Å². The van der Waals surface area contributed by atoms with Crippen LogP contribution >= 0.6 is 15.9 Å². The van der Waals surface area contributed by atoms with Crippen molar-refractivity contribution < 1.29 is 4.39 Å². The fourth-order valence-electron chi connectivity index (χ4n) is 2.21. The molecule has 0 aliphatic heterocycles. The molecule has 1 aromatic carbocycles. The highest BCUT2D eigenvalue weighted by Crippen LogP contribution is 2.28. The quantitative estimate of drug-likeness (QED) is 0.876. The van der Waals surface area contributed by atoms with Gasteiger partial charge in [0.2, 0.25) is 0 Å². The lowest BCUT2D eigenvalue weighted by Crippen LogP contribution is -2.25. The number of rotatable bonds is 5. The molecule has 0 aliphatic carbocycles. The van der Waals surface area contributed by atoms with Crippen LogP contribution in [-0.4, -0.2) is 11.5 Å². The maximum Gasteiger partial charge on any atom is 0.128 e. The maximum atomic E-state index is 14.2. The molecule has 0 fully saturated rings. The third kappa shape index (κ3) is 3.44. The summed E-state index contributed by atoms with van der Waals surface area (Å²) in [6.07, 6.45) is 2.75. The van der Waals surface area contributed by atoms with Gasteiger partial charge in [0.15, 0.2) is 0 Å². The molecule has 1 atom stereocenters. The van der Waals surface area contributed by atoms with Crippen LogP contribution in [0.1, 0.15) is 36.2 Å². The molecule has 1 aromatic heterocycles. The van der Waals surface area contributed by atoms with Crippen molar-refractivity contribution in [3.63, 3.8) is 0 Å². The highest BCUT2D eigenvalue weighted by atomic mass is 79.9. The van der Waals surface area contributed by atoms with E-state index in [4.69, 9.17) is 0 Å². The van der Waals surface area contributed by atoms with Crippen LogP contribution in [0.2, 0.25) is 0 Å². The molecule has 0 bridgehead atoms. The molecule has 2 nitrogen and oxygen atoms in total. The third-order valence-corrected chi connectivity index (χ3v) is 3.72. The number of hydrogen-bond donors (Lipinski definition) is 1. The van der Waals surface area contributed by atoms with E-state index in [0.717, 1.165) is 28.7 Å². The fourth-order valence-corrected chi connectivity index (χ4v) is 2.59. The highest BCUT2D eigenvalue weighted by Gasteiger charge is 2.19. The Balaban J connectivity index is 2.47. The molecule has 106 valence electrons. The van der Waals surface area contributed by atoms with E-state index >= 15 is 0 Å². The average molecular weight is 337 g/mol. The lowest BCUT2D eigenvalue weighted by atomic mass is 9.97. The van der Waals surface area contributed by atoms with Gasteiger partial charge in [-0.2, -0.15) is 0 Å². The van der Waals surface area contributed by atoms with E-state index in [1.807, 2.05) is 25.1 Å². The summed E-state index contributed by atoms with van der Waals surface area (Å²) in [5.74, 6) is -0.204. The van der Waals surface area contributed by atoms with Gasteiger partial charge < -0.3 is 5.32 Å². The predicted molar refractivity (Wildman–Crippen MR) is 83.2 cm³/mol. The SMILES string of the molecule is CCCNC(c1cc(Br)ccc1F)c1cccnc1C. The topological polar surface area (TPSA) is 24.9 Å². The zero-order valence-electron chi connectivity index (χ0n) is 11.7. The zero-order chi connectivity index (χ0) is 14.5. The van der Waals surface area contributed by atoms with Crippen LogP contribution in [0.3, 0.4) is 0 Å². The number of pyridine rings is 1. The third-order valence-electron chi connectivity index (χ3n) is 3.23. The van der Waals surface area contributed by atoms with Crippen LogP contribution in [0.15, 0.2) is 41.0 Å². The Kier molecular flexibility index (Phi) is 5.26. The normalized spacial score (nSPS) is 12.4. The molecule has 0 saturated carbocycles. The van der Waals surface area contributed by atoms with Crippen LogP contribution in [0.4, 0.5) is 4.39 Å². The molecular weight excluding hydrogens is 319 g/mol. The van der Waals surface area contributed by atoms with Crippen molar-refractivity contribution in [3.8, 4) is 0 Å². The Bertz CT molecular complexity index is 586. The van der Waals surface area contributed by atoms with Gasteiger partial charge in [0.25, 0.3) is 0 Å². The Morgan fingerprint density at radius 2 is 2.10 bits per heavy atom. The second-order valence-corrected chi connectivity index (χ2v) is 5.65. The summed E-state index contributed by atoms with van der Waals surface area (Å²) in [7, 11) is 0. The van der Waals surface area contributed by atoms with Crippen molar-refractivity contribution in [2.24, 2.45) is 0 Å². The molecule has 1 unspecified atom stereocenters. The monoisotopic (exact) mass is 336 g/mol. The number of hydrogen-bond acceptors (Lipinski definition) is 2. The van der Waals surface area contributed by atoms with Crippen LogP contribution in [0.5, 0.6) is 0 Å². The van der Waals surface area contributed by atoms with Gasteiger partial charge in [0, 0.05) is 21.9 Å². The number of nitrogens with zero attached hydrogens (tertiary/aromatic N) is 1. The first-order valence-corrected chi connectivity index (χ1v) is 7.52. The molecule has 0 radical (unpaired) electrons. The molecule has 0 spiro atoms. The van der Waals surface area contributed by atoms with Crippen LogP contribution < -0.4 is 5.32 Å². The lowest BCUT2D eigenvalue weighted by molar-refractivity contribution is 0.544. The smallest absolute Gasteiger partial charge is 0.128 e. The zero-order valence-corrected chi connectivity index (χ0v) is 13.2. The van der Waals surface area contributed by atoms with Gasteiger partial charge in [-0.15, -0.1) is 0 Å². The van der Waals surface area contributed by atoms with Crippen molar-refractivity contribution in [1.82, 2.24) is 10.3 Å². The van der Waals surface area contributed by atoms with Gasteiger partial charge in [-0.3, -0.25) is 4.98 Å². The van der Waals surface area contributed by atoms with E-state index in [1.54, 1.807) is 12.3 Å². The van der Waals surface area contributed by atoms with Crippen molar-refractivity contribution in [2.45, 2.75) is 26.3 Å². The summed E-state index contributed by atoms with van der Waals surface area (Å²) in [6.45, 7) is 4.87. The second kappa shape index (κ2) is 6.95. The first-order valence-electron chi connectivity index (χ1n) is 6.73. The summed E-state index contributed by atoms with van der Waals surface area (Å²) in [5.41, 5.74) is 2.57. The fraction of sp³-hybridized carbons (Fsp3) is 0.312. The van der Waals surface area contributed by atoms with Crippen LogP contribution in [0, 0.1) is 12.7 Å². The van der Waals surface area contributed by atoms with Gasteiger partial charge in [-0.1, -0.05) is 28.9 Å². The lowest BCUT2D eigenvalue weighted by Gasteiger charge is -2.21. The number of halogens is 2. The Morgan fingerprint density at radius 1 is 1.30 bits per heavy atom. The van der Waals surface area contributed by atoms with Crippen molar-refractivity contribution in [1.29, 1.82) is 0 Å². The standard InChI is InChI=1S/C16H18BrFN2/c1-3-8-20-16(13-5-4-9-19-11(13)2)14-10-12(17)6-7-15(14)18/h4-7,9-10,16,20H,3,8H2,1-2H3. The molecule has 0 amide bonds. The Hall–Kier alpha value is -1.26. The van der Waals surface area contributed by atoms with E-state index in [1.165, 1.54) is 6.07 Å². The first kappa shape index (κ1) is 15.1. The van der Waals surface area contributed by atoms with Crippen LogP contribution in [-0.2, 0) is 0 Å². The molecule has 4 heteroatoms.